The lowest BCUT2D eigenvalue weighted by Gasteiger charge is -2.32. The van der Waals surface area contributed by atoms with E-state index in [1.807, 2.05) is 30.8 Å². The van der Waals surface area contributed by atoms with Gasteiger partial charge in [-0.05, 0) is 39.1 Å². The molecular formula is C20H31N3O4S. The largest absolute Gasteiger partial charge is 0.487 e. The van der Waals surface area contributed by atoms with E-state index in [-0.39, 0.29) is 22.9 Å². The second kappa shape index (κ2) is 8.80. The van der Waals surface area contributed by atoms with Crippen LogP contribution in [0.2, 0.25) is 0 Å². The predicted molar refractivity (Wildman–Crippen MR) is 108 cm³/mol. The number of amides is 1. The number of para-hydroxylation sites is 1. The minimum Gasteiger partial charge on any atom is -0.487 e. The van der Waals surface area contributed by atoms with Crippen LogP contribution in [0, 0.1) is 0 Å². The van der Waals surface area contributed by atoms with Crippen molar-refractivity contribution in [1.29, 1.82) is 0 Å². The van der Waals surface area contributed by atoms with E-state index in [4.69, 9.17) is 4.74 Å². The number of rotatable bonds is 5. The molecule has 1 amide bonds. The van der Waals surface area contributed by atoms with Gasteiger partial charge in [-0.15, -0.1) is 0 Å². The first-order valence-electron chi connectivity index (χ1n) is 10.0. The SMILES string of the molecule is CCCC(=O)N1CC[C@@H]2Oc3ccccc3S(=O)(=O)N(CCN(C)C)[C@H]2CC1. The highest BCUT2D eigenvalue weighted by atomic mass is 32.2. The highest BCUT2D eigenvalue weighted by Gasteiger charge is 2.43. The van der Waals surface area contributed by atoms with Crippen LogP contribution in [-0.2, 0) is 14.8 Å². The van der Waals surface area contributed by atoms with Gasteiger partial charge in [0.05, 0.1) is 6.04 Å². The number of carbonyl (C=O) groups excluding carboxylic acids is 1. The molecule has 1 fully saturated rings. The molecule has 2 atom stereocenters. The van der Waals surface area contributed by atoms with Crippen LogP contribution in [0.3, 0.4) is 0 Å². The molecule has 0 spiro atoms. The molecule has 0 unspecified atom stereocenters. The van der Waals surface area contributed by atoms with E-state index < -0.39 is 10.0 Å². The fraction of sp³-hybridized carbons (Fsp3) is 0.650. The number of hydrogen-bond donors (Lipinski definition) is 0. The monoisotopic (exact) mass is 409 g/mol. The Balaban J connectivity index is 1.95. The van der Waals surface area contributed by atoms with Crippen LogP contribution in [-0.4, -0.2) is 80.9 Å². The quantitative estimate of drug-likeness (QED) is 0.742. The lowest BCUT2D eigenvalue weighted by molar-refractivity contribution is -0.131. The molecule has 0 aliphatic carbocycles. The minimum atomic E-state index is -3.67. The number of sulfonamides is 1. The van der Waals surface area contributed by atoms with Gasteiger partial charge in [0.25, 0.3) is 0 Å². The van der Waals surface area contributed by atoms with Crippen molar-refractivity contribution in [2.45, 2.75) is 49.6 Å². The van der Waals surface area contributed by atoms with Gasteiger partial charge in [0.2, 0.25) is 15.9 Å². The van der Waals surface area contributed by atoms with Crippen LogP contribution in [0.4, 0.5) is 0 Å². The Hall–Kier alpha value is -1.64. The third-order valence-electron chi connectivity index (χ3n) is 5.48. The van der Waals surface area contributed by atoms with E-state index in [1.54, 1.807) is 28.6 Å². The number of likely N-dealkylation sites (N-methyl/N-ethyl adjacent to an activating group) is 1. The van der Waals surface area contributed by atoms with Crippen molar-refractivity contribution in [3.63, 3.8) is 0 Å². The Morgan fingerprint density at radius 1 is 1.21 bits per heavy atom. The normalized spacial score (nSPS) is 24.6. The van der Waals surface area contributed by atoms with Gasteiger partial charge >= 0.3 is 0 Å². The van der Waals surface area contributed by atoms with Crippen LogP contribution in [0.25, 0.3) is 0 Å². The molecule has 0 saturated carbocycles. The molecule has 7 nitrogen and oxygen atoms in total. The van der Waals surface area contributed by atoms with Gasteiger partial charge in [-0.1, -0.05) is 19.1 Å². The number of fused-ring (bicyclic) bond motifs is 2. The Kier molecular flexibility index (Phi) is 6.62. The van der Waals surface area contributed by atoms with Crippen molar-refractivity contribution < 1.29 is 17.9 Å². The minimum absolute atomic E-state index is 0.141. The average Bonchev–Trinajstić information content (AvgIpc) is 2.89. The maximum Gasteiger partial charge on any atom is 0.247 e. The summed E-state index contributed by atoms with van der Waals surface area (Å²) in [6, 6.07) is 6.60. The Labute approximate surface area is 168 Å². The number of ether oxygens (including phenoxy) is 1. The summed E-state index contributed by atoms with van der Waals surface area (Å²) in [5.41, 5.74) is 0. The fourth-order valence-electron chi connectivity index (χ4n) is 3.96. The van der Waals surface area contributed by atoms with Crippen molar-refractivity contribution in [2.75, 3.05) is 40.3 Å². The molecule has 1 aromatic carbocycles. The smallest absolute Gasteiger partial charge is 0.247 e. The van der Waals surface area contributed by atoms with Gasteiger partial charge in [-0.2, -0.15) is 4.31 Å². The average molecular weight is 410 g/mol. The van der Waals surface area contributed by atoms with Crippen molar-refractivity contribution in [3.05, 3.63) is 24.3 Å². The number of nitrogens with zero attached hydrogens (tertiary/aromatic N) is 3. The molecule has 8 heteroatoms. The molecule has 0 aromatic heterocycles. The Bertz CT molecular complexity index is 796. The van der Waals surface area contributed by atoms with E-state index in [0.29, 0.717) is 51.2 Å². The van der Waals surface area contributed by atoms with Crippen LogP contribution >= 0.6 is 0 Å². The van der Waals surface area contributed by atoms with E-state index in [9.17, 15) is 13.2 Å². The van der Waals surface area contributed by atoms with E-state index in [1.165, 1.54) is 0 Å². The Morgan fingerprint density at radius 3 is 2.64 bits per heavy atom. The molecule has 3 rings (SSSR count). The van der Waals surface area contributed by atoms with E-state index in [2.05, 4.69) is 0 Å². The van der Waals surface area contributed by atoms with Crippen LogP contribution < -0.4 is 4.74 Å². The summed E-state index contributed by atoms with van der Waals surface area (Å²) < 4.78 is 34.8. The predicted octanol–water partition coefficient (Wildman–Crippen LogP) is 1.79. The summed E-state index contributed by atoms with van der Waals surface area (Å²) in [6.07, 6.45) is 2.29. The van der Waals surface area contributed by atoms with Crippen molar-refractivity contribution in [3.8, 4) is 5.75 Å². The summed E-state index contributed by atoms with van der Waals surface area (Å²) >= 11 is 0. The molecule has 1 aromatic rings. The third-order valence-corrected chi connectivity index (χ3v) is 7.44. The topological polar surface area (TPSA) is 70.2 Å². The van der Waals surface area contributed by atoms with Crippen molar-refractivity contribution in [1.82, 2.24) is 14.1 Å². The maximum atomic E-state index is 13.5. The zero-order valence-corrected chi connectivity index (χ0v) is 17.8. The second-order valence-electron chi connectivity index (χ2n) is 7.80. The second-order valence-corrected chi connectivity index (χ2v) is 9.66. The number of benzene rings is 1. The number of likely N-dealkylation sites (tertiary alicyclic amines) is 1. The zero-order valence-electron chi connectivity index (χ0n) is 17.0. The zero-order chi connectivity index (χ0) is 20.3. The number of carbonyl (C=O) groups is 1. The Morgan fingerprint density at radius 2 is 1.93 bits per heavy atom. The molecular weight excluding hydrogens is 378 g/mol. The van der Waals surface area contributed by atoms with Gasteiger partial charge in [0, 0.05) is 39.0 Å². The summed E-state index contributed by atoms with van der Waals surface area (Å²) in [7, 11) is 0.199. The molecule has 28 heavy (non-hydrogen) atoms. The molecule has 0 radical (unpaired) electrons. The summed E-state index contributed by atoms with van der Waals surface area (Å²) in [4.78, 5) is 16.5. The van der Waals surface area contributed by atoms with Gasteiger partial charge in [0.1, 0.15) is 16.7 Å². The molecule has 2 aliphatic rings. The fourth-order valence-corrected chi connectivity index (χ4v) is 5.76. The first-order valence-corrected chi connectivity index (χ1v) is 11.5. The molecule has 2 aliphatic heterocycles. The van der Waals surface area contributed by atoms with E-state index >= 15 is 0 Å². The highest BCUT2D eigenvalue weighted by molar-refractivity contribution is 7.89. The summed E-state index contributed by atoms with van der Waals surface area (Å²) in [5, 5.41) is 0. The molecule has 0 bridgehead atoms. The lowest BCUT2D eigenvalue weighted by atomic mass is 10.1. The van der Waals surface area contributed by atoms with Crippen LogP contribution in [0.1, 0.15) is 32.6 Å². The molecule has 2 heterocycles. The summed E-state index contributed by atoms with van der Waals surface area (Å²) in [6.45, 7) is 4.19. The van der Waals surface area contributed by atoms with Crippen molar-refractivity contribution >= 4 is 15.9 Å². The van der Waals surface area contributed by atoms with E-state index in [0.717, 1.165) is 6.42 Å². The third kappa shape index (κ3) is 4.34. The standard InChI is InChI=1S/C20H31N3O4S/c1-4-7-20(24)22-12-10-16-17(11-13-22)27-18-8-5-6-9-19(18)28(25,26)23(16)15-14-21(2)3/h5-6,8-9,16-17H,4,7,10-15H2,1-3H3/t16-,17-/m0/s1. The van der Waals surface area contributed by atoms with Gasteiger partial charge < -0.3 is 14.5 Å². The maximum absolute atomic E-state index is 13.5. The first-order chi connectivity index (χ1) is 13.3. The molecule has 156 valence electrons. The van der Waals surface area contributed by atoms with Gasteiger partial charge in [0.15, 0.2) is 0 Å². The van der Waals surface area contributed by atoms with Crippen molar-refractivity contribution in [2.24, 2.45) is 0 Å². The number of hydrogen-bond acceptors (Lipinski definition) is 5. The summed E-state index contributed by atoms with van der Waals surface area (Å²) in [5.74, 6) is 0.556. The lowest BCUT2D eigenvalue weighted by Crippen LogP contribution is -2.49. The van der Waals surface area contributed by atoms with Gasteiger partial charge in [-0.25, -0.2) is 8.42 Å². The molecule has 1 saturated heterocycles. The van der Waals surface area contributed by atoms with Crippen LogP contribution in [0.5, 0.6) is 5.75 Å². The van der Waals surface area contributed by atoms with Gasteiger partial charge in [-0.3, -0.25) is 4.79 Å². The van der Waals surface area contributed by atoms with Crippen LogP contribution in [0.15, 0.2) is 29.2 Å². The first kappa shape index (κ1) is 21.1. The highest BCUT2D eigenvalue weighted by Crippen LogP contribution is 2.36. The molecule has 0 N–H and O–H groups in total.